The molecule has 4 aromatic rings. The van der Waals surface area contributed by atoms with Crippen LogP contribution in [0.25, 0.3) is 11.2 Å². The van der Waals surface area contributed by atoms with Gasteiger partial charge < -0.3 is 9.88 Å². The highest BCUT2D eigenvalue weighted by Gasteiger charge is 2.13. The lowest BCUT2D eigenvalue weighted by molar-refractivity contribution is 0.0951. The highest BCUT2D eigenvalue weighted by Crippen LogP contribution is 2.16. The highest BCUT2D eigenvalue weighted by molar-refractivity contribution is 5.94. The van der Waals surface area contributed by atoms with Crippen LogP contribution in [0.5, 0.6) is 0 Å². The average molecular weight is 406 g/mol. The van der Waals surface area contributed by atoms with Gasteiger partial charge in [-0.05, 0) is 42.3 Å². The molecule has 0 spiro atoms. The van der Waals surface area contributed by atoms with Gasteiger partial charge in [0, 0.05) is 31.3 Å². The molecule has 0 atom stereocenters. The molecule has 2 aromatic heterocycles. The Morgan fingerprint density at radius 3 is 2.60 bits per heavy atom. The molecule has 0 aliphatic heterocycles. The third kappa shape index (κ3) is 4.35. The van der Waals surface area contributed by atoms with Gasteiger partial charge in [0.1, 0.15) is 11.3 Å². The summed E-state index contributed by atoms with van der Waals surface area (Å²) in [4.78, 5) is 21.4. The molecule has 0 unspecified atom stereocenters. The number of nitrogens with zero attached hydrogens (tertiary/aromatic N) is 3. The number of halogens is 2. The van der Waals surface area contributed by atoms with Gasteiger partial charge in [0.15, 0.2) is 17.3 Å². The van der Waals surface area contributed by atoms with Gasteiger partial charge in [0.25, 0.3) is 5.91 Å². The first-order valence-corrected chi connectivity index (χ1v) is 9.69. The van der Waals surface area contributed by atoms with E-state index in [4.69, 9.17) is 4.98 Å². The zero-order chi connectivity index (χ0) is 20.9. The first kappa shape index (κ1) is 19.7. The molecule has 0 saturated carbocycles. The summed E-state index contributed by atoms with van der Waals surface area (Å²) in [6.45, 7) is 0.769. The Morgan fingerprint density at radius 2 is 1.80 bits per heavy atom. The Morgan fingerprint density at radius 1 is 0.967 bits per heavy atom. The lowest BCUT2D eigenvalue weighted by Gasteiger charge is -2.10. The summed E-state index contributed by atoms with van der Waals surface area (Å²) in [5.41, 5.74) is 2.85. The molecule has 0 fully saturated rings. The maximum absolute atomic E-state index is 13.4. The van der Waals surface area contributed by atoms with Gasteiger partial charge in [0.05, 0.1) is 0 Å². The fourth-order valence-electron chi connectivity index (χ4n) is 3.35. The summed E-state index contributed by atoms with van der Waals surface area (Å²) in [5.74, 6) is -1.60. The lowest BCUT2D eigenvalue weighted by Crippen LogP contribution is -2.28. The van der Waals surface area contributed by atoms with Crippen LogP contribution in [0, 0.1) is 11.6 Å². The van der Waals surface area contributed by atoms with E-state index in [0.717, 1.165) is 42.0 Å². The van der Waals surface area contributed by atoms with Crippen LogP contribution in [0.1, 0.15) is 21.7 Å². The summed E-state index contributed by atoms with van der Waals surface area (Å²) in [5, 5.41) is 2.75. The average Bonchev–Trinajstić information content (AvgIpc) is 3.12. The molecule has 0 radical (unpaired) electrons. The summed E-state index contributed by atoms with van der Waals surface area (Å²) in [7, 11) is 0. The third-order valence-electron chi connectivity index (χ3n) is 4.87. The quantitative estimate of drug-likeness (QED) is 0.506. The second-order valence-corrected chi connectivity index (χ2v) is 6.90. The SMILES string of the molecule is O=C(NCCn1c(CCc2ccccc2)nc2cccnc21)c1ccc(F)c(F)c1. The molecule has 7 heteroatoms. The smallest absolute Gasteiger partial charge is 0.251 e. The van der Waals surface area contributed by atoms with Crippen molar-refractivity contribution in [1.29, 1.82) is 0 Å². The lowest BCUT2D eigenvalue weighted by atomic mass is 10.1. The number of nitrogens with one attached hydrogen (secondary N) is 1. The Labute approximate surface area is 172 Å². The molecule has 1 N–H and O–H groups in total. The molecule has 152 valence electrons. The molecule has 0 bridgehead atoms. The van der Waals surface area contributed by atoms with E-state index < -0.39 is 17.5 Å². The molecule has 1 amide bonds. The van der Waals surface area contributed by atoms with Crippen LogP contribution in [-0.2, 0) is 19.4 Å². The normalized spacial score (nSPS) is 11.0. The second kappa shape index (κ2) is 8.82. The van der Waals surface area contributed by atoms with Crippen LogP contribution in [0.4, 0.5) is 8.78 Å². The predicted octanol–water partition coefficient (Wildman–Crippen LogP) is 3.92. The maximum atomic E-state index is 13.4. The van der Waals surface area contributed by atoms with E-state index in [0.29, 0.717) is 13.1 Å². The number of aryl methyl sites for hydroxylation is 2. The Balaban J connectivity index is 1.47. The molecule has 0 aliphatic rings. The standard InChI is InChI=1S/C23H20F2N4O/c24-18-10-9-17(15-19(18)25)23(30)27-13-14-29-21(11-8-16-5-2-1-3-6-16)28-20-7-4-12-26-22(20)29/h1-7,9-10,12,15H,8,11,13-14H2,(H,27,30). The maximum Gasteiger partial charge on any atom is 0.251 e. The van der Waals surface area contributed by atoms with E-state index in [9.17, 15) is 13.6 Å². The molecule has 5 nitrogen and oxygen atoms in total. The number of aromatic nitrogens is 3. The zero-order valence-corrected chi connectivity index (χ0v) is 16.2. The van der Waals surface area contributed by atoms with E-state index in [1.165, 1.54) is 11.6 Å². The third-order valence-corrected chi connectivity index (χ3v) is 4.87. The van der Waals surface area contributed by atoms with Crippen molar-refractivity contribution in [2.75, 3.05) is 6.54 Å². The number of imidazole rings is 1. The number of benzene rings is 2. The highest BCUT2D eigenvalue weighted by atomic mass is 19.2. The van der Waals surface area contributed by atoms with E-state index in [1.807, 2.05) is 34.9 Å². The van der Waals surface area contributed by atoms with Crippen molar-refractivity contribution < 1.29 is 13.6 Å². The van der Waals surface area contributed by atoms with E-state index in [-0.39, 0.29) is 5.56 Å². The van der Waals surface area contributed by atoms with Gasteiger partial charge >= 0.3 is 0 Å². The minimum absolute atomic E-state index is 0.0758. The van der Waals surface area contributed by atoms with Crippen molar-refractivity contribution in [1.82, 2.24) is 19.9 Å². The van der Waals surface area contributed by atoms with Crippen molar-refractivity contribution in [2.24, 2.45) is 0 Å². The summed E-state index contributed by atoms with van der Waals surface area (Å²) in [6, 6.07) is 17.0. The van der Waals surface area contributed by atoms with Gasteiger partial charge in [-0.25, -0.2) is 18.7 Å². The van der Waals surface area contributed by atoms with Crippen LogP contribution in [0.3, 0.4) is 0 Å². The van der Waals surface area contributed by atoms with Gasteiger partial charge in [0.2, 0.25) is 0 Å². The Bertz CT molecular complexity index is 1170. The Kier molecular flexibility index (Phi) is 5.79. The monoisotopic (exact) mass is 406 g/mol. The number of fused-ring (bicyclic) bond motifs is 1. The largest absolute Gasteiger partial charge is 0.350 e. The minimum atomic E-state index is -1.05. The number of carbonyl (C=O) groups is 1. The molecule has 30 heavy (non-hydrogen) atoms. The molecule has 0 aliphatic carbocycles. The molecule has 2 heterocycles. The van der Waals surface area contributed by atoms with Crippen LogP contribution in [0.15, 0.2) is 66.9 Å². The number of carbonyl (C=O) groups excluding carboxylic acids is 1. The van der Waals surface area contributed by atoms with Crippen LogP contribution < -0.4 is 5.32 Å². The van der Waals surface area contributed by atoms with E-state index >= 15 is 0 Å². The van der Waals surface area contributed by atoms with E-state index in [2.05, 4.69) is 22.4 Å². The first-order chi connectivity index (χ1) is 14.6. The van der Waals surface area contributed by atoms with Crippen molar-refractivity contribution in [3.05, 3.63) is 95.4 Å². The van der Waals surface area contributed by atoms with Crippen LogP contribution in [-0.4, -0.2) is 27.0 Å². The molecule has 4 rings (SSSR count). The van der Waals surface area contributed by atoms with Gasteiger partial charge in [-0.15, -0.1) is 0 Å². The van der Waals surface area contributed by atoms with Gasteiger partial charge in [-0.2, -0.15) is 0 Å². The Hall–Kier alpha value is -3.61. The first-order valence-electron chi connectivity index (χ1n) is 9.69. The number of amides is 1. The molecule has 2 aromatic carbocycles. The number of pyridine rings is 1. The number of hydrogen-bond acceptors (Lipinski definition) is 3. The summed E-state index contributed by atoms with van der Waals surface area (Å²) >= 11 is 0. The summed E-state index contributed by atoms with van der Waals surface area (Å²) in [6.07, 6.45) is 3.28. The van der Waals surface area contributed by atoms with Crippen molar-refractivity contribution in [2.45, 2.75) is 19.4 Å². The van der Waals surface area contributed by atoms with Crippen molar-refractivity contribution in [3.8, 4) is 0 Å². The predicted molar refractivity (Wildman–Crippen MR) is 110 cm³/mol. The van der Waals surface area contributed by atoms with Gasteiger partial charge in [-0.3, -0.25) is 4.79 Å². The van der Waals surface area contributed by atoms with E-state index in [1.54, 1.807) is 6.20 Å². The number of rotatable bonds is 7. The molecule has 0 saturated heterocycles. The van der Waals surface area contributed by atoms with Crippen LogP contribution in [0.2, 0.25) is 0 Å². The fraction of sp³-hybridized carbons (Fsp3) is 0.174. The fourth-order valence-corrected chi connectivity index (χ4v) is 3.35. The number of hydrogen-bond donors (Lipinski definition) is 1. The summed E-state index contributed by atoms with van der Waals surface area (Å²) < 4.78 is 28.4. The topological polar surface area (TPSA) is 59.8 Å². The zero-order valence-electron chi connectivity index (χ0n) is 16.2. The van der Waals surface area contributed by atoms with Crippen molar-refractivity contribution in [3.63, 3.8) is 0 Å². The molecular formula is C23H20F2N4O. The second-order valence-electron chi connectivity index (χ2n) is 6.90. The van der Waals surface area contributed by atoms with Crippen LogP contribution >= 0.6 is 0 Å². The molecular weight excluding hydrogens is 386 g/mol. The van der Waals surface area contributed by atoms with Gasteiger partial charge in [-0.1, -0.05) is 30.3 Å². The van der Waals surface area contributed by atoms with Crippen molar-refractivity contribution >= 4 is 17.1 Å². The minimum Gasteiger partial charge on any atom is -0.350 e.